The van der Waals surface area contributed by atoms with Gasteiger partial charge in [0.1, 0.15) is 0 Å². The summed E-state index contributed by atoms with van der Waals surface area (Å²) in [5, 5.41) is 2.72. The van der Waals surface area contributed by atoms with Crippen molar-refractivity contribution >= 4 is 29.5 Å². The van der Waals surface area contributed by atoms with Crippen molar-refractivity contribution in [2.24, 2.45) is 0 Å². The number of nitrogens with one attached hydrogen (secondary N) is 3. The summed E-state index contributed by atoms with van der Waals surface area (Å²) >= 11 is 0. The minimum absolute atomic E-state index is 0.226. The second-order valence-corrected chi connectivity index (χ2v) is 6.05. The zero-order valence-electron chi connectivity index (χ0n) is 15.5. The van der Waals surface area contributed by atoms with Crippen LogP contribution in [0, 0.1) is 0 Å². The number of para-hydroxylation sites is 1. The third-order valence-electron chi connectivity index (χ3n) is 3.98. The molecule has 0 aromatic heterocycles. The Balaban J connectivity index is 1.62. The third-order valence-corrected chi connectivity index (χ3v) is 3.98. The summed E-state index contributed by atoms with van der Waals surface area (Å²) in [6.45, 7) is 0. The second-order valence-electron chi connectivity index (χ2n) is 6.05. The summed E-state index contributed by atoms with van der Waals surface area (Å²) in [4.78, 5) is 36.7. The Morgan fingerprint density at radius 2 is 1.28 bits per heavy atom. The summed E-state index contributed by atoms with van der Waals surface area (Å²) < 4.78 is 0. The maximum absolute atomic E-state index is 12.5. The summed E-state index contributed by atoms with van der Waals surface area (Å²) in [6, 6.07) is 24.5. The molecule has 6 nitrogen and oxygen atoms in total. The Morgan fingerprint density at radius 1 is 0.655 bits per heavy atom. The molecule has 0 radical (unpaired) electrons. The lowest BCUT2D eigenvalue weighted by atomic mass is 10.1. The number of anilines is 1. The highest BCUT2D eigenvalue weighted by Crippen LogP contribution is 2.16. The molecule has 29 heavy (non-hydrogen) atoms. The standard InChI is InChI=1S/C23H19N3O3/c27-21(16-15-17-9-3-1-4-10-17)25-26-23(29)19-13-7-8-14-20(19)24-22(28)18-11-5-2-6-12-18/h1-16H,(H,24,28)(H,25,27)(H,26,29)/b16-15+. The van der Waals surface area contributed by atoms with Crippen molar-refractivity contribution in [2.45, 2.75) is 0 Å². The predicted octanol–water partition coefficient (Wildman–Crippen LogP) is 3.41. The fourth-order valence-corrected chi connectivity index (χ4v) is 2.54. The molecule has 0 aliphatic rings. The normalized spacial score (nSPS) is 10.3. The monoisotopic (exact) mass is 385 g/mol. The van der Waals surface area contributed by atoms with Gasteiger partial charge in [0.15, 0.2) is 0 Å². The van der Waals surface area contributed by atoms with E-state index in [9.17, 15) is 14.4 Å². The Hall–Kier alpha value is -4.19. The van der Waals surface area contributed by atoms with Gasteiger partial charge in [0.2, 0.25) is 0 Å². The van der Waals surface area contributed by atoms with Crippen molar-refractivity contribution in [3.8, 4) is 0 Å². The lowest BCUT2D eigenvalue weighted by Crippen LogP contribution is -2.41. The summed E-state index contributed by atoms with van der Waals surface area (Å²) in [7, 11) is 0. The fourth-order valence-electron chi connectivity index (χ4n) is 2.54. The molecule has 0 aliphatic heterocycles. The molecule has 0 aliphatic carbocycles. The molecular formula is C23H19N3O3. The number of rotatable bonds is 5. The van der Waals surface area contributed by atoms with E-state index in [0.29, 0.717) is 11.3 Å². The fraction of sp³-hybridized carbons (Fsp3) is 0. The Kier molecular flexibility index (Phi) is 6.52. The van der Waals surface area contributed by atoms with Gasteiger partial charge in [-0.05, 0) is 35.9 Å². The molecule has 144 valence electrons. The van der Waals surface area contributed by atoms with Crippen molar-refractivity contribution < 1.29 is 14.4 Å². The first-order valence-corrected chi connectivity index (χ1v) is 8.92. The molecule has 3 N–H and O–H groups in total. The zero-order valence-corrected chi connectivity index (χ0v) is 15.5. The van der Waals surface area contributed by atoms with Gasteiger partial charge in [-0.2, -0.15) is 0 Å². The van der Waals surface area contributed by atoms with E-state index in [2.05, 4.69) is 16.2 Å². The van der Waals surface area contributed by atoms with Crippen molar-refractivity contribution in [2.75, 3.05) is 5.32 Å². The number of hydrogen-bond donors (Lipinski definition) is 3. The van der Waals surface area contributed by atoms with Crippen LogP contribution in [0.1, 0.15) is 26.3 Å². The van der Waals surface area contributed by atoms with Crippen molar-refractivity contribution in [1.29, 1.82) is 0 Å². The van der Waals surface area contributed by atoms with E-state index in [4.69, 9.17) is 0 Å². The van der Waals surface area contributed by atoms with Crippen LogP contribution in [0.15, 0.2) is 91.0 Å². The smallest absolute Gasteiger partial charge is 0.271 e. The largest absolute Gasteiger partial charge is 0.321 e. The van der Waals surface area contributed by atoms with E-state index in [1.54, 1.807) is 54.6 Å². The van der Waals surface area contributed by atoms with Gasteiger partial charge in [0.25, 0.3) is 17.7 Å². The molecule has 3 amide bonds. The van der Waals surface area contributed by atoms with Crippen LogP contribution >= 0.6 is 0 Å². The van der Waals surface area contributed by atoms with E-state index < -0.39 is 11.8 Å². The van der Waals surface area contributed by atoms with Crippen LogP contribution < -0.4 is 16.2 Å². The van der Waals surface area contributed by atoms with Gasteiger partial charge < -0.3 is 5.32 Å². The van der Waals surface area contributed by atoms with Crippen LogP contribution in [-0.2, 0) is 4.79 Å². The highest BCUT2D eigenvalue weighted by molar-refractivity contribution is 6.09. The lowest BCUT2D eigenvalue weighted by Gasteiger charge is -2.11. The molecule has 0 atom stereocenters. The van der Waals surface area contributed by atoms with E-state index in [1.807, 2.05) is 36.4 Å². The van der Waals surface area contributed by atoms with Crippen LogP contribution in [-0.4, -0.2) is 17.7 Å². The van der Waals surface area contributed by atoms with Gasteiger partial charge in [0, 0.05) is 11.6 Å². The van der Waals surface area contributed by atoms with Gasteiger partial charge in [-0.3, -0.25) is 25.2 Å². The Morgan fingerprint density at radius 3 is 2.00 bits per heavy atom. The van der Waals surface area contributed by atoms with Gasteiger partial charge in [-0.1, -0.05) is 60.7 Å². The SMILES string of the molecule is O=C(/C=C/c1ccccc1)NNC(=O)c1ccccc1NC(=O)c1ccccc1. The van der Waals surface area contributed by atoms with Crippen LogP contribution in [0.3, 0.4) is 0 Å². The summed E-state index contributed by atoms with van der Waals surface area (Å²) in [5.41, 5.74) is 6.58. The van der Waals surface area contributed by atoms with Crippen LogP contribution in [0.2, 0.25) is 0 Å². The number of carbonyl (C=O) groups is 3. The topological polar surface area (TPSA) is 87.3 Å². The molecule has 0 spiro atoms. The minimum atomic E-state index is -0.546. The van der Waals surface area contributed by atoms with Crippen molar-refractivity contribution in [3.05, 3.63) is 108 Å². The lowest BCUT2D eigenvalue weighted by molar-refractivity contribution is -0.117. The third kappa shape index (κ3) is 5.64. The first-order chi connectivity index (χ1) is 14.1. The molecule has 3 aromatic carbocycles. The zero-order chi connectivity index (χ0) is 20.5. The van der Waals surface area contributed by atoms with E-state index in [1.165, 1.54) is 6.08 Å². The van der Waals surface area contributed by atoms with Crippen LogP contribution in [0.4, 0.5) is 5.69 Å². The average Bonchev–Trinajstić information content (AvgIpc) is 2.77. The first kappa shape index (κ1) is 19.6. The molecule has 0 fully saturated rings. The van der Waals surface area contributed by atoms with Gasteiger partial charge in [-0.15, -0.1) is 0 Å². The number of benzene rings is 3. The first-order valence-electron chi connectivity index (χ1n) is 8.92. The molecular weight excluding hydrogens is 366 g/mol. The molecule has 0 bridgehead atoms. The number of hydrazine groups is 1. The summed E-state index contributed by atoms with van der Waals surface area (Å²) in [5.74, 6) is -1.36. The van der Waals surface area contributed by atoms with E-state index in [-0.39, 0.29) is 11.5 Å². The predicted molar refractivity (Wildman–Crippen MR) is 112 cm³/mol. The summed E-state index contributed by atoms with van der Waals surface area (Å²) in [6.07, 6.45) is 2.95. The second kappa shape index (κ2) is 9.66. The Bertz CT molecular complexity index is 1030. The van der Waals surface area contributed by atoms with E-state index >= 15 is 0 Å². The van der Waals surface area contributed by atoms with Crippen molar-refractivity contribution in [3.63, 3.8) is 0 Å². The highest BCUT2D eigenvalue weighted by atomic mass is 16.2. The quantitative estimate of drug-likeness (QED) is 0.465. The average molecular weight is 385 g/mol. The van der Waals surface area contributed by atoms with Crippen LogP contribution in [0.25, 0.3) is 6.08 Å². The van der Waals surface area contributed by atoms with Gasteiger partial charge in [-0.25, -0.2) is 0 Å². The minimum Gasteiger partial charge on any atom is -0.321 e. The van der Waals surface area contributed by atoms with Gasteiger partial charge in [0.05, 0.1) is 11.3 Å². The number of carbonyl (C=O) groups excluding carboxylic acids is 3. The number of hydrogen-bond acceptors (Lipinski definition) is 3. The number of amides is 3. The molecule has 3 rings (SSSR count). The molecule has 3 aromatic rings. The molecule has 0 unspecified atom stereocenters. The molecule has 0 heterocycles. The molecule has 0 saturated heterocycles. The Labute approximate surface area is 168 Å². The highest BCUT2D eigenvalue weighted by Gasteiger charge is 2.14. The maximum atomic E-state index is 12.5. The van der Waals surface area contributed by atoms with Crippen LogP contribution in [0.5, 0.6) is 0 Å². The molecule has 6 heteroatoms. The maximum Gasteiger partial charge on any atom is 0.271 e. The molecule has 0 saturated carbocycles. The van der Waals surface area contributed by atoms with Crippen molar-refractivity contribution in [1.82, 2.24) is 10.9 Å². The van der Waals surface area contributed by atoms with E-state index in [0.717, 1.165) is 5.56 Å². The van der Waals surface area contributed by atoms with Gasteiger partial charge >= 0.3 is 0 Å².